The molecule has 0 aromatic carbocycles. The highest BCUT2D eigenvalue weighted by Gasteiger charge is 2.38. The molecule has 1 amide bonds. The average Bonchev–Trinajstić information content (AvgIpc) is 2.62. The first kappa shape index (κ1) is 9.64. The van der Waals surface area contributed by atoms with Crippen LogP contribution in [0.15, 0.2) is 24.4 Å². The molecule has 2 unspecified atom stereocenters. The zero-order chi connectivity index (χ0) is 10.8. The molecule has 0 bridgehead atoms. The van der Waals surface area contributed by atoms with E-state index in [4.69, 9.17) is 5.11 Å². The molecule has 1 saturated heterocycles. The lowest BCUT2D eigenvalue weighted by molar-refractivity contribution is -0.140. The maximum absolute atomic E-state index is 11.1. The van der Waals surface area contributed by atoms with Gasteiger partial charge in [-0.15, -0.1) is 0 Å². The second-order valence-corrected chi connectivity index (χ2v) is 3.45. The Balaban J connectivity index is 2.28. The third kappa shape index (κ3) is 1.81. The Bertz CT molecular complexity index is 391. The summed E-state index contributed by atoms with van der Waals surface area (Å²) in [6.07, 6.45) is 1.78. The monoisotopic (exact) mass is 206 g/mol. The molecule has 1 aliphatic rings. The van der Waals surface area contributed by atoms with E-state index >= 15 is 0 Å². The number of aromatic nitrogens is 1. The number of rotatable bonds is 2. The van der Waals surface area contributed by atoms with Gasteiger partial charge in [0.1, 0.15) is 6.04 Å². The summed E-state index contributed by atoms with van der Waals surface area (Å²) in [5, 5.41) is 11.3. The second-order valence-electron chi connectivity index (χ2n) is 3.45. The van der Waals surface area contributed by atoms with Crippen LogP contribution in [0.4, 0.5) is 0 Å². The second kappa shape index (κ2) is 3.68. The van der Waals surface area contributed by atoms with Crippen LogP contribution >= 0.6 is 0 Å². The minimum atomic E-state index is -1.02. The number of hydrogen-bond donors (Lipinski definition) is 2. The molecule has 2 atom stereocenters. The van der Waals surface area contributed by atoms with E-state index in [2.05, 4.69) is 10.3 Å². The number of pyridine rings is 1. The number of nitrogens with zero attached hydrogens (tertiary/aromatic N) is 1. The summed E-state index contributed by atoms with van der Waals surface area (Å²) in [5.41, 5.74) is 0.642. The molecule has 0 spiro atoms. The Morgan fingerprint density at radius 3 is 2.93 bits per heavy atom. The van der Waals surface area contributed by atoms with E-state index in [9.17, 15) is 9.59 Å². The van der Waals surface area contributed by atoms with E-state index in [1.165, 1.54) is 0 Å². The fourth-order valence-corrected chi connectivity index (χ4v) is 1.76. The molecular formula is C10H10N2O3. The van der Waals surface area contributed by atoms with Crippen LogP contribution in [-0.4, -0.2) is 28.0 Å². The van der Waals surface area contributed by atoms with E-state index in [1.807, 2.05) is 0 Å². The van der Waals surface area contributed by atoms with Gasteiger partial charge in [-0.25, -0.2) is 4.79 Å². The van der Waals surface area contributed by atoms with Gasteiger partial charge in [0.15, 0.2) is 0 Å². The molecule has 2 rings (SSSR count). The SMILES string of the molecule is O=C1CC(c2ccccn2)C(C(=O)O)N1. The highest BCUT2D eigenvalue weighted by Crippen LogP contribution is 2.26. The molecule has 0 saturated carbocycles. The largest absolute Gasteiger partial charge is 0.480 e. The summed E-state index contributed by atoms with van der Waals surface area (Å²) in [6, 6.07) is 4.42. The minimum absolute atomic E-state index is 0.188. The fraction of sp³-hybridized carbons (Fsp3) is 0.300. The number of carbonyl (C=O) groups excluding carboxylic acids is 1. The first-order valence-corrected chi connectivity index (χ1v) is 4.61. The van der Waals surface area contributed by atoms with Gasteiger partial charge >= 0.3 is 5.97 Å². The van der Waals surface area contributed by atoms with Gasteiger partial charge in [-0.05, 0) is 12.1 Å². The number of nitrogens with one attached hydrogen (secondary N) is 1. The Morgan fingerprint density at radius 1 is 1.53 bits per heavy atom. The maximum Gasteiger partial charge on any atom is 0.326 e. The molecule has 0 radical (unpaired) electrons. The molecule has 15 heavy (non-hydrogen) atoms. The van der Waals surface area contributed by atoms with Crippen molar-refractivity contribution in [2.45, 2.75) is 18.4 Å². The lowest BCUT2D eigenvalue weighted by atomic mass is 9.96. The Hall–Kier alpha value is -1.91. The van der Waals surface area contributed by atoms with Crippen molar-refractivity contribution >= 4 is 11.9 Å². The maximum atomic E-state index is 11.1. The van der Waals surface area contributed by atoms with Gasteiger partial charge in [-0.3, -0.25) is 9.78 Å². The van der Waals surface area contributed by atoms with E-state index in [-0.39, 0.29) is 18.2 Å². The van der Waals surface area contributed by atoms with Crippen molar-refractivity contribution in [3.05, 3.63) is 30.1 Å². The number of amides is 1. The van der Waals surface area contributed by atoms with Crippen LogP contribution in [0.25, 0.3) is 0 Å². The molecule has 2 N–H and O–H groups in total. The third-order valence-corrected chi connectivity index (χ3v) is 2.46. The summed E-state index contributed by atoms with van der Waals surface area (Å²) in [5.74, 6) is -1.62. The van der Waals surface area contributed by atoms with Crippen molar-refractivity contribution in [3.63, 3.8) is 0 Å². The quantitative estimate of drug-likeness (QED) is 0.721. The molecule has 2 heterocycles. The zero-order valence-corrected chi connectivity index (χ0v) is 7.88. The Kier molecular flexibility index (Phi) is 2.37. The van der Waals surface area contributed by atoms with Crippen LogP contribution in [0.3, 0.4) is 0 Å². The van der Waals surface area contributed by atoms with Gasteiger partial charge in [0, 0.05) is 24.2 Å². The molecule has 1 aromatic rings. The molecule has 1 aromatic heterocycles. The van der Waals surface area contributed by atoms with E-state index < -0.39 is 12.0 Å². The van der Waals surface area contributed by atoms with Crippen LogP contribution in [0.5, 0.6) is 0 Å². The molecular weight excluding hydrogens is 196 g/mol. The first-order chi connectivity index (χ1) is 7.18. The van der Waals surface area contributed by atoms with Gasteiger partial charge in [0.05, 0.1) is 0 Å². The third-order valence-electron chi connectivity index (χ3n) is 2.46. The molecule has 0 aliphatic carbocycles. The first-order valence-electron chi connectivity index (χ1n) is 4.61. The lowest BCUT2D eigenvalue weighted by Gasteiger charge is -2.13. The predicted octanol–water partition coefficient (Wildman–Crippen LogP) is 0.138. The van der Waals surface area contributed by atoms with Gasteiger partial charge < -0.3 is 10.4 Å². The molecule has 1 fully saturated rings. The lowest BCUT2D eigenvalue weighted by Crippen LogP contribution is -2.36. The van der Waals surface area contributed by atoms with E-state index in [1.54, 1.807) is 24.4 Å². The number of hydrogen-bond acceptors (Lipinski definition) is 3. The van der Waals surface area contributed by atoms with E-state index in [0.717, 1.165) is 0 Å². The standard InChI is InChI=1S/C10H10N2O3/c13-8-5-6(9(12-8)10(14)15)7-3-1-2-4-11-7/h1-4,6,9H,5H2,(H,12,13)(H,14,15). The summed E-state index contributed by atoms with van der Waals surface area (Å²) in [4.78, 5) is 26.1. The molecule has 5 heteroatoms. The molecule has 1 aliphatic heterocycles. The number of carboxylic acids is 1. The van der Waals surface area contributed by atoms with Crippen LogP contribution in [0, 0.1) is 0 Å². The fourth-order valence-electron chi connectivity index (χ4n) is 1.76. The van der Waals surface area contributed by atoms with Crippen molar-refractivity contribution in [2.24, 2.45) is 0 Å². The van der Waals surface area contributed by atoms with Crippen LogP contribution in [-0.2, 0) is 9.59 Å². The molecule has 5 nitrogen and oxygen atoms in total. The highest BCUT2D eigenvalue weighted by atomic mass is 16.4. The minimum Gasteiger partial charge on any atom is -0.480 e. The predicted molar refractivity (Wildman–Crippen MR) is 51.2 cm³/mol. The normalized spacial score (nSPS) is 24.9. The van der Waals surface area contributed by atoms with E-state index in [0.29, 0.717) is 5.69 Å². The van der Waals surface area contributed by atoms with Gasteiger partial charge in [-0.2, -0.15) is 0 Å². The zero-order valence-electron chi connectivity index (χ0n) is 7.88. The number of carboxylic acid groups (broad SMARTS) is 1. The van der Waals surface area contributed by atoms with Crippen molar-refractivity contribution in [1.29, 1.82) is 0 Å². The van der Waals surface area contributed by atoms with Crippen molar-refractivity contribution in [3.8, 4) is 0 Å². The Morgan fingerprint density at radius 2 is 2.33 bits per heavy atom. The topological polar surface area (TPSA) is 79.3 Å². The molecule has 78 valence electrons. The van der Waals surface area contributed by atoms with Gasteiger partial charge in [0.25, 0.3) is 0 Å². The number of carbonyl (C=O) groups is 2. The van der Waals surface area contributed by atoms with Gasteiger partial charge in [-0.1, -0.05) is 6.07 Å². The average molecular weight is 206 g/mol. The highest BCUT2D eigenvalue weighted by molar-refractivity contribution is 5.89. The Labute approximate surface area is 86.1 Å². The van der Waals surface area contributed by atoms with Crippen molar-refractivity contribution in [1.82, 2.24) is 10.3 Å². The van der Waals surface area contributed by atoms with Crippen LogP contribution in [0.2, 0.25) is 0 Å². The van der Waals surface area contributed by atoms with Crippen molar-refractivity contribution in [2.75, 3.05) is 0 Å². The summed E-state index contributed by atoms with van der Waals surface area (Å²) >= 11 is 0. The van der Waals surface area contributed by atoms with Crippen molar-refractivity contribution < 1.29 is 14.7 Å². The number of aliphatic carboxylic acids is 1. The smallest absolute Gasteiger partial charge is 0.326 e. The van der Waals surface area contributed by atoms with Crippen LogP contribution < -0.4 is 5.32 Å². The van der Waals surface area contributed by atoms with Crippen LogP contribution in [0.1, 0.15) is 18.0 Å². The summed E-state index contributed by atoms with van der Waals surface area (Å²) < 4.78 is 0. The summed E-state index contributed by atoms with van der Waals surface area (Å²) in [7, 11) is 0. The summed E-state index contributed by atoms with van der Waals surface area (Å²) in [6.45, 7) is 0. The van der Waals surface area contributed by atoms with Gasteiger partial charge in [0.2, 0.25) is 5.91 Å².